The molecule has 0 unspecified atom stereocenters. The number of thiophene rings is 1. The van der Waals surface area contributed by atoms with E-state index in [4.69, 9.17) is 0 Å². The van der Waals surface area contributed by atoms with E-state index in [1.165, 1.54) is 11.1 Å². The van der Waals surface area contributed by atoms with Gasteiger partial charge in [0, 0.05) is 30.7 Å². The summed E-state index contributed by atoms with van der Waals surface area (Å²) < 4.78 is 0. The topological polar surface area (TPSA) is 104 Å². The SMILES string of the molecule is CC(=O)c1ccc(-c2ccccc2CNCC2CCN(c3nccc(/C=C4\SC(=O)NC4=O)n3)CC2)s1. The fourth-order valence-corrected chi connectivity index (χ4v) is 6.11. The number of Topliss-reactive ketones (excluding diaryl/α,β-unsaturated/α-hetero) is 1. The molecule has 37 heavy (non-hydrogen) atoms. The molecular weight excluding hydrogens is 506 g/mol. The fraction of sp³-hybridized carbons (Fsp3) is 0.296. The van der Waals surface area contributed by atoms with E-state index in [1.807, 2.05) is 18.2 Å². The Balaban J connectivity index is 1.14. The van der Waals surface area contributed by atoms with E-state index in [2.05, 4.69) is 43.7 Å². The van der Waals surface area contributed by atoms with Gasteiger partial charge < -0.3 is 10.2 Å². The lowest BCUT2D eigenvalue weighted by atomic mass is 9.96. The first kappa shape index (κ1) is 25.3. The van der Waals surface area contributed by atoms with E-state index in [9.17, 15) is 14.4 Å². The van der Waals surface area contributed by atoms with Gasteiger partial charge in [-0.2, -0.15) is 0 Å². The summed E-state index contributed by atoms with van der Waals surface area (Å²) >= 11 is 2.43. The molecule has 2 aliphatic rings. The summed E-state index contributed by atoms with van der Waals surface area (Å²) in [6.07, 6.45) is 5.37. The van der Waals surface area contributed by atoms with E-state index in [1.54, 1.807) is 36.6 Å². The maximum atomic E-state index is 11.8. The van der Waals surface area contributed by atoms with Gasteiger partial charge in [0.15, 0.2) is 5.78 Å². The quantitative estimate of drug-likeness (QED) is 0.316. The van der Waals surface area contributed by atoms with Crippen molar-refractivity contribution in [2.45, 2.75) is 26.3 Å². The van der Waals surface area contributed by atoms with Crippen molar-refractivity contribution >= 4 is 52.1 Å². The second kappa shape index (κ2) is 11.4. The van der Waals surface area contributed by atoms with Crippen LogP contribution in [0.15, 0.2) is 53.6 Å². The van der Waals surface area contributed by atoms with Gasteiger partial charge in [0.2, 0.25) is 5.95 Å². The summed E-state index contributed by atoms with van der Waals surface area (Å²) in [5.74, 6) is 0.918. The smallest absolute Gasteiger partial charge is 0.290 e. The third-order valence-corrected chi connectivity index (χ3v) is 8.50. The molecule has 8 nitrogen and oxygen atoms in total. The van der Waals surface area contributed by atoms with Gasteiger partial charge in [0.05, 0.1) is 15.5 Å². The molecule has 0 aliphatic carbocycles. The molecule has 2 fully saturated rings. The number of carbonyl (C=O) groups is 3. The number of piperidine rings is 1. The lowest BCUT2D eigenvalue weighted by Crippen LogP contribution is -2.38. The Morgan fingerprint density at radius 3 is 2.70 bits per heavy atom. The van der Waals surface area contributed by atoms with Crippen LogP contribution in [0.25, 0.3) is 16.5 Å². The predicted molar refractivity (Wildman–Crippen MR) is 148 cm³/mol. The van der Waals surface area contributed by atoms with E-state index in [0.717, 1.165) is 60.5 Å². The molecule has 0 atom stereocenters. The zero-order valence-corrected chi connectivity index (χ0v) is 22.0. The Labute approximate surface area is 223 Å². The van der Waals surface area contributed by atoms with Gasteiger partial charge in [-0.1, -0.05) is 24.3 Å². The van der Waals surface area contributed by atoms with Crippen molar-refractivity contribution in [1.29, 1.82) is 0 Å². The number of nitrogens with zero attached hydrogens (tertiary/aromatic N) is 3. The van der Waals surface area contributed by atoms with Gasteiger partial charge in [-0.05, 0) is 79.4 Å². The number of anilines is 1. The largest absolute Gasteiger partial charge is 0.341 e. The molecule has 3 aromatic rings. The van der Waals surface area contributed by atoms with Gasteiger partial charge >= 0.3 is 0 Å². The van der Waals surface area contributed by atoms with Crippen molar-refractivity contribution in [3.05, 3.63) is 69.7 Å². The molecule has 4 heterocycles. The maximum Gasteiger partial charge on any atom is 0.290 e. The van der Waals surface area contributed by atoms with Crippen molar-refractivity contribution in [2.75, 3.05) is 24.5 Å². The molecule has 2 saturated heterocycles. The van der Waals surface area contributed by atoms with Crippen LogP contribution in [0, 0.1) is 5.92 Å². The van der Waals surface area contributed by atoms with Crippen molar-refractivity contribution in [3.63, 3.8) is 0 Å². The molecule has 2 N–H and O–H groups in total. The molecule has 0 spiro atoms. The van der Waals surface area contributed by atoms with Crippen LogP contribution in [0.5, 0.6) is 0 Å². The van der Waals surface area contributed by atoms with Crippen LogP contribution < -0.4 is 15.5 Å². The average molecular weight is 534 g/mol. The number of benzene rings is 1. The number of carbonyl (C=O) groups excluding carboxylic acids is 3. The van der Waals surface area contributed by atoms with Gasteiger partial charge in [-0.25, -0.2) is 9.97 Å². The Kier molecular flexibility index (Phi) is 7.78. The van der Waals surface area contributed by atoms with Gasteiger partial charge in [-0.3, -0.25) is 19.7 Å². The zero-order valence-electron chi connectivity index (χ0n) is 20.4. The van der Waals surface area contributed by atoms with E-state index >= 15 is 0 Å². The number of imide groups is 1. The number of nitrogens with one attached hydrogen (secondary N) is 2. The number of hydrogen-bond acceptors (Lipinski definition) is 9. The second-order valence-corrected chi connectivity index (χ2v) is 11.2. The Bertz CT molecular complexity index is 1360. The third-order valence-electron chi connectivity index (χ3n) is 6.47. The van der Waals surface area contributed by atoms with Crippen molar-refractivity contribution in [1.82, 2.24) is 20.6 Å². The second-order valence-electron chi connectivity index (χ2n) is 9.07. The summed E-state index contributed by atoms with van der Waals surface area (Å²) in [6.45, 7) is 5.03. The maximum absolute atomic E-state index is 11.8. The monoisotopic (exact) mass is 533 g/mol. The first-order chi connectivity index (χ1) is 18.0. The van der Waals surface area contributed by atoms with Gasteiger partial charge in [0.25, 0.3) is 11.1 Å². The lowest BCUT2D eigenvalue weighted by Gasteiger charge is -2.32. The van der Waals surface area contributed by atoms with Crippen LogP contribution in [0.2, 0.25) is 0 Å². The van der Waals surface area contributed by atoms with Crippen LogP contribution in [0.1, 0.15) is 40.7 Å². The molecule has 2 amide bonds. The summed E-state index contributed by atoms with van der Waals surface area (Å²) in [4.78, 5) is 48.3. The number of hydrogen-bond donors (Lipinski definition) is 2. The molecule has 2 aromatic heterocycles. The van der Waals surface area contributed by atoms with Crippen molar-refractivity contribution in [2.24, 2.45) is 5.92 Å². The summed E-state index contributed by atoms with van der Waals surface area (Å²) in [5.41, 5.74) is 3.01. The standard InChI is InChI=1S/C27H27N5O3S2/c1-17(33)22-6-7-23(36-22)21-5-3-2-4-19(21)16-28-15-18-9-12-32(13-10-18)26-29-11-8-20(30-26)14-24-25(34)31-27(35)37-24/h2-8,11,14,18,28H,9-10,12-13,15-16H2,1H3,(H,31,34,35)/b24-14-. The van der Waals surface area contributed by atoms with E-state index < -0.39 is 0 Å². The van der Waals surface area contributed by atoms with E-state index in [-0.39, 0.29) is 16.9 Å². The minimum atomic E-state index is -0.387. The zero-order chi connectivity index (χ0) is 25.8. The Morgan fingerprint density at radius 2 is 1.97 bits per heavy atom. The minimum Gasteiger partial charge on any atom is -0.341 e. The highest BCUT2D eigenvalue weighted by Crippen LogP contribution is 2.31. The molecule has 5 rings (SSSR count). The van der Waals surface area contributed by atoms with E-state index in [0.29, 0.717) is 22.5 Å². The van der Waals surface area contributed by atoms with Crippen LogP contribution in [-0.2, 0) is 11.3 Å². The van der Waals surface area contributed by atoms with Crippen molar-refractivity contribution < 1.29 is 14.4 Å². The first-order valence-electron chi connectivity index (χ1n) is 12.2. The van der Waals surface area contributed by atoms with Crippen LogP contribution in [-0.4, -0.2) is 46.5 Å². The number of amides is 2. The van der Waals surface area contributed by atoms with Gasteiger partial charge in [0.1, 0.15) is 0 Å². The first-order valence-corrected chi connectivity index (χ1v) is 13.8. The molecule has 10 heteroatoms. The van der Waals surface area contributed by atoms with Crippen molar-refractivity contribution in [3.8, 4) is 10.4 Å². The minimum absolute atomic E-state index is 0.101. The highest BCUT2D eigenvalue weighted by Gasteiger charge is 2.26. The van der Waals surface area contributed by atoms with Crippen LogP contribution in [0.3, 0.4) is 0 Å². The fourth-order valence-electron chi connectivity index (χ4n) is 4.48. The van der Waals surface area contributed by atoms with Gasteiger partial charge in [-0.15, -0.1) is 11.3 Å². The number of ketones is 1. The normalized spacial score (nSPS) is 17.4. The molecule has 0 radical (unpaired) electrons. The molecule has 0 bridgehead atoms. The number of aromatic nitrogens is 2. The highest BCUT2D eigenvalue weighted by atomic mass is 32.2. The molecule has 2 aliphatic heterocycles. The van der Waals surface area contributed by atoms with Crippen LogP contribution in [0.4, 0.5) is 10.7 Å². The molecular formula is C27H27N5O3S2. The highest BCUT2D eigenvalue weighted by molar-refractivity contribution is 8.18. The molecule has 1 aromatic carbocycles. The number of thioether (sulfide) groups is 1. The molecule has 0 saturated carbocycles. The summed E-state index contributed by atoms with van der Waals surface area (Å²) in [6, 6.07) is 14.0. The molecule has 190 valence electrons. The Hall–Kier alpha value is -3.34. The third kappa shape index (κ3) is 6.15. The van der Waals surface area contributed by atoms with Crippen LogP contribution >= 0.6 is 23.1 Å². The average Bonchev–Trinajstić information content (AvgIpc) is 3.51. The predicted octanol–water partition coefficient (Wildman–Crippen LogP) is 4.74. The Morgan fingerprint density at radius 1 is 1.16 bits per heavy atom. The summed E-state index contributed by atoms with van der Waals surface area (Å²) in [5, 5.41) is 5.53. The number of rotatable bonds is 8. The lowest BCUT2D eigenvalue weighted by molar-refractivity contribution is -0.115. The summed E-state index contributed by atoms with van der Waals surface area (Å²) in [7, 11) is 0.